The number of nitrogens with zero attached hydrogens (tertiary/aromatic N) is 3. The molecule has 22 heavy (non-hydrogen) atoms. The Hall–Kier alpha value is -2.17. The van der Waals surface area contributed by atoms with Gasteiger partial charge >= 0.3 is 0 Å². The van der Waals surface area contributed by atoms with Crippen LogP contribution in [0.4, 0.5) is 0 Å². The van der Waals surface area contributed by atoms with Crippen LogP contribution in [-0.2, 0) is 11.3 Å². The second-order valence-corrected chi connectivity index (χ2v) is 6.09. The van der Waals surface area contributed by atoms with E-state index in [9.17, 15) is 4.79 Å². The molecular formula is C17H23N3O2. The summed E-state index contributed by atoms with van der Waals surface area (Å²) in [6, 6.07) is 8.03. The van der Waals surface area contributed by atoms with Crippen LogP contribution >= 0.6 is 0 Å². The van der Waals surface area contributed by atoms with Crippen molar-refractivity contribution in [2.75, 3.05) is 0 Å². The topological polar surface area (TPSA) is 59.2 Å². The number of rotatable bonds is 5. The van der Waals surface area contributed by atoms with Crippen LogP contribution in [0.25, 0.3) is 11.4 Å². The number of aryl methyl sites for hydroxylation is 1. The molecule has 0 saturated carbocycles. The summed E-state index contributed by atoms with van der Waals surface area (Å²) in [6.07, 6.45) is 0. The lowest BCUT2D eigenvalue weighted by Crippen LogP contribution is -2.39. The summed E-state index contributed by atoms with van der Waals surface area (Å²) < 4.78 is 5.30. The highest BCUT2D eigenvalue weighted by Gasteiger charge is 2.22. The minimum Gasteiger partial charge on any atom is -0.337 e. The van der Waals surface area contributed by atoms with Crippen LogP contribution in [0, 0.1) is 12.8 Å². The number of amides is 1. The largest absolute Gasteiger partial charge is 0.337 e. The summed E-state index contributed by atoms with van der Waals surface area (Å²) >= 11 is 0. The zero-order valence-corrected chi connectivity index (χ0v) is 13.8. The number of hydrogen-bond donors (Lipinski definition) is 0. The fourth-order valence-corrected chi connectivity index (χ4v) is 2.13. The number of carbonyl (C=O) groups is 1. The van der Waals surface area contributed by atoms with Crippen molar-refractivity contribution in [2.24, 2.45) is 5.92 Å². The van der Waals surface area contributed by atoms with E-state index in [1.165, 1.54) is 5.56 Å². The van der Waals surface area contributed by atoms with Crippen molar-refractivity contribution in [3.8, 4) is 11.4 Å². The summed E-state index contributed by atoms with van der Waals surface area (Å²) in [7, 11) is 0. The molecule has 1 aromatic carbocycles. The van der Waals surface area contributed by atoms with E-state index in [0.29, 0.717) is 18.3 Å². The number of hydrogen-bond acceptors (Lipinski definition) is 4. The third-order valence-corrected chi connectivity index (χ3v) is 3.48. The summed E-state index contributed by atoms with van der Waals surface area (Å²) in [5.41, 5.74) is 2.09. The Kier molecular flexibility index (Phi) is 4.96. The minimum atomic E-state index is -0.0538. The number of carbonyl (C=O) groups excluding carboxylic acids is 1. The Morgan fingerprint density at radius 1 is 1.18 bits per heavy atom. The van der Waals surface area contributed by atoms with Gasteiger partial charge in [-0.25, -0.2) is 0 Å². The molecule has 5 nitrogen and oxygen atoms in total. The quantitative estimate of drug-likeness (QED) is 0.849. The highest BCUT2D eigenvalue weighted by atomic mass is 16.5. The van der Waals surface area contributed by atoms with Gasteiger partial charge in [0.05, 0.1) is 0 Å². The van der Waals surface area contributed by atoms with Crippen molar-refractivity contribution in [3.05, 3.63) is 35.7 Å². The lowest BCUT2D eigenvalue weighted by molar-refractivity contribution is -0.137. The molecule has 0 aliphatic carbocycles. The van der Waals surface area contributed by atoms with Gasteiger partial charge in [-0.15, -0.1) is 0 Å². The average molecular weight is 301 g/mol. The van der Waals surface area contributed by atoms with Crippen LogP contribution in [0.3, 0.4) is 0 Å². The molecule has 118 valence electrons. The molecule has 0 N–H and O–H groups in total. The molecule has 2 rings (SSSR count). The Balaban J connectivity index is 2.16. The van der Waals surface area contributed by atoms with Crippen molar-refractivity contribution in [2.45, 2.75) is 47.2 Å². The standard InChI is InChI=1S/C17H23N3O2/c1-11(2)17(21)20(12(3)4)10-15-18-16(19-22-15)14-8-6-13(5)7-9-14/h6-9,11-12H,10H2,1-5H3. The Morgan fingerprint density at radius 3 is 2.36 bits per heavy atom. The molecule has 0 saturated heterocycles. The van der Waals surface area contributed by atoms with Crippen LogP contribution in [0.15, 0.2) is 28.8 Å². The van der Waals surface area contributed by atoms with E-state index in [1.54, 1.807) is 4.90 Å². The number of aromatic nitrogens is 2. The molecule has 0 unspecified atom stereocenters. The molecule has 1 heterocycles. The van der Waals surface area contributed by atoms with Gasteiger partial charge in [-0.1, -0.05) is 48.8 Å². The summed E-state index contributed by atoms with van der Waals surface area (Å²) in [5.74, 6) is 1.04. The third-order valence-electron chi connectivity index (χ3n) is 3.48. The molecular weight excluding hydrogens is 278 g/mol. The van der Waals surface area contributed by atoms with Crippen molar-refractivity contribution < 1.29 is 9.32 Å². The molecule has 1 aromatic heterocycles. The fraction of sp³-hybridized carbons (Fsp3) is 0.471. The molecule has 5 heteroatoms. The van der Waals surface area contributed by atoms with Crippen LogP contribution < -0.4 is 0 Å². The Labute approximate surface area is 131 Å². The van der Waals surface area contributed by atoms with Gasteiger partial charge in [0.1, 0.15) is 6.54 Å². The van der Waals surface area contributed by atoms with E-state index in [1.807, 2.05) is 58.9 Å². The normalized spacial score (nSPS) is 11.2. The zero-order chi connectivity index (χ0) is 16.3. The Morgan fingerprint density at radius 2 is 1.82 bits per heavy atom. The van der Waals surface area contributed by atoms with Gasteiger partial charge in [-0.05, 0) is 20.8 Å². The maximum Gasteiger partial charge on any atom is 0.246 e. The van der Waals surface area contributed by atoms with E-state index in [2.05, 4.69) is 10.1 Å². The van der Waals surface area contributed by atoms with Gasteiger partial charge in [0, 0.05) is 17.5 Å². The van der Waals surface area contributed by atoms with Crippen LogP contribution in [-0.4, -0.2) is 27.0 Å². The third kappa shape index (κ3) is 3.72. The molecule has 0 atom stereocenters. The zero-order valence-electron chi connectivity index (χ0n) is 13.8. The van der Waals surface area contributed by atoms with Crippen LogP contribution in [0.1, 0.15) is 39.1 Å². The Bertz CT molecular complexity index is 630. The lowest BCUT2D eigenvalue weighted by Gasteiger charge is -2.26. The second kappa shape index (κ2) is 6.73. The second-order valence-electron chi connectivity index (χ2n) is 6.09. The number of benzene rings is 1. The van der Waals surface area contributed by atoms with E-state index in [4.69, 9.17) is 4.52 Å². The fourth-order valence-electron chi connectivity index (χ4n) is 2.13. The SMILES string of the molecule is Cc1ccc(-c2noc(CN(C(=O)C(C)C)C(C)C)n2)cc1. The first-order valence-corrected chi connectivity index (χ1v) is 7.58. The first kappa shape index (κ1) is 16.2. The van der Waals surface area contributed by atoms with Crippen LogP contribution in [0.5, 0.6) is 0 Å². The maximum atomic E-state index is 12.2. The van der Waals surface area contributed by atoms with E-state index >= 15 is 0 Å². The smallest absolute Gasteiger partial charge is 0.246 e. The predicted octanol–water partition coefficient (Wildman–Crippen LogP) is 3.44. The lowest BCUT2D eigenvalue weighted by atomic mass is 10.1. The van der Waals surface area contributed by atoms with Crippen molar-refractivity contribution in [3.63, 3.8) is 0 Å². The highest BCUT2D eigenvalue weighted by Crippen LogP contribution is 2.18. The van der Waals surface area contributed by atoms with E-state index in [0.717, 1.165) is 5.56 Å². The minimum absolute atomic E-state index is 0.0538. The molecule has 0 bridgehead atoms. The maximum absolute atomic E-state index is 12.2. The average Bonchev–Trinajstić information content (AvgIpc) is 2.93. The first-order valence-electron chi connectivity index (χ1n) is 7.58. The summed E-state index contributed by atoms with van der Waals surface area (Å²) in [4.78, 5) is 18.4. The van der Waals surface area contributed by atoms with Crippen LogP contribution in [0.2, 0.25) is 0 Å². The predicted molar refractivity (Wildman–Crippen MR) is 85.0 cm³/mol. The van der Waals surface area contributed by atoms with Crippen molar-refractivity contribution in [1.29, 1.82) is 0 Å². The molecule has 0 spiro atoms. The molecule has 0 fully saturated rings. The molecule has 0 aliphatic heterocycles. The monoisotopic (exact) mass is 301 g/mol. The van der Waals surface area contributed by atoms with E-state index in [-0.39, 0.29) is 17.9 Å². The summed E-state index contributed by atoms with van der Waals surface area (Å²) in [5, 5.41) is 4.01. The summed E-state index contributed by atoms with van der Waals surface area (Å²) in [6.45, 7) is 10.1. The van der Waals surface area contributed by atoms with Gasteiger partial charge in [0.15, 0.2) is 0 Å². The molecule has 0 radical (unpaired) electrons. The van der Waals surface area contributed by atoms with Gasteiger partial charge < -0.3 is 9.42 Å². The van der Waals surface area contributed by atoms with Crippen molar-refractivity contribution >= 4 is 5.91 Å². The van der Waals surface area contributed by atoms with Gasteiger partial charge in [-0.2, -0.15) is 4.98 Å². The van der Waals surface area contributed by atoms with E-state index < -0.39 is 0 Å². The van der Waals surface area contributed by atoms with Gasteiger partial charge in [0.25, 0.3) is 0 Å². The van der Waals surface area contributed by atoms with Crippen molar-refractivity contribution in [1.82, 2.24) is 15.0 Å². The molecule has 2 aromatic rings. The molecule has 1 amide bonds. The first-order chi connectivity index (χ1) is 10.4. The molecule has 0 aliphatic rings. The highest BCUT2D eigenvalue weighted by molar-refractivity contribution is 5.78. The van der Waals surface area contributed by atoms with Gasteiger partial charge in [0.2, 0.25) is 17.6 Å². The van der Waals surface area contributed by atoms with Gasteiger partial charge in [-0.3, -0.25) is 4.79 Å².